The Kier molecular flexibility index (Phi) is 2.91. The van der Waals surface area contributed by atoms with E-state index in [0.29, 0.717) is 0 Å². The molecule has 0 bridgehead atoms. The topological polar surface area (TPSA) is 72.3 Å². The Morgan fingerprint density at radius 2 is 2.00 bits per heavy atom. The first kappa shape index (κ1) is 8.56. The summed E-state index contributed by atoms with van der Waals surface area (Å²) in [6, 6.07) is -0.227. The molecule has 0 aromatic carbocycles. The Hall–Kier alpha value is -0.540. The summed E-state index contributed by atoms with van der Waals surface area (Å²) in [6.45, 7) is 0.00995. The molecule has 0 aromatic rings. The van der Waals surface area contributed by atoms with E-state index in [1.807, 2.05) is 0 Å². The van der Waals surface area contributed by atoms with Crippen molar-refractivity contribution in [3.8, 4) is 0 Å². The monoisotopic (exact) mass is 156 g/mol. The molecule has 0 aromatic heterocycles. The van der Waals surface area contributed by atoms with Gasteiger partial charge in [-0.1, -0.05) is 0 Å². The van der Waals surface area contributed by atoms with Gasteiger partial charge in [0.2, 0.25) is 0 Å². The SMILES string of the molecule is NC1=C([C@@H](N)CO)CCCC1. The third kappa shape index (κ3) is 1.94. The van der Waals surface area contributed by atoms with Crippen molar-refractivity contribution in [1.29, 1.82) is 0 Å². The zero-order valence-corrected chi connectivity index (χ0v) is 6.71. The second-order valence-corrected chi connectivity index (χ2v) is 3.05. The first-order chi connectivity index (χ1) is 5.25. The number of aliphatic hydroxyl groups excluding tert-OH is 1. The van der Waals surface area contributed by atoms with Crippen molar-refractivity contribution >= 4 is 0 Å². The molecule has 1 rings (SSSR count). The van der Waals surface area contributed by atoms with Crippen LogP contribution in [0.4, 0.5) is 0 Å². The Morgan fingerprint density at radius 3 is 2.55 bits per heavy atom. The molecule has 64 valence electrons. The molecule has 0 unspecified atom stereocenters. The van der Waals surface area contributed by atoms with E-state index in [0.717, 1.165) is 37.0 Å². The molecule has 3 heteroatoms. The molecule has 1 atom stereocenters. The molecule has 3 nitrogen and oxygen atoms in total. The predicted octanol–water partition coefficient (Wildman–Crippen LogP) is 0.0928. The summed E-state index contributed by atoms with van der Waals surface area (Å²) in [4.78, 5) is 0. The van der Waals surface area contributed by atoms with Crippen molar-refractivity contribution in [1.82, 2.24) is 0 Å². The fourth-order valence-corrected chi connectivity index (χ4v) is 1.49. The van der Waals surface area contributed by atoms with Crippen molar-refractivity contribution in [2.24, 2.45) is 11.5 Å². The van der Waals surface area contributed by atoms with Gasteiger partial charge in [0.1, 0.15) is 0 Å². The van der Waals surface area contributed by atoms with E-state index in [1.165, 1.54) is 0 Å². The van der Waals surface area contributed by atoms with E-state index in [1.54, 1.807) is 0 Å². The first-order valence-electron chi connectivity index (χ1n) is 4.09. The number of allylic oxidation sites excluding steroid dienone is 1. The smallest absolute Gasteiger partial charge is 0.0621 e. The van der Waals surface area contributed by atoms with Crippen LogP contribution in [0, 0.1) is 0 Å². The zero-order chi connectivity index (χ0) is 8.27. The van der Waals surface area contributed by atoms with Crippen molar-refractivity contribution < 1.29 is 5.11 Å². The summed E-state index contributed by atoms with van der Waals surface area (Å²) in [5, 5.41) is 8.79. The molecule has 11 heavy (non-hydrogen) atoms. The molecule has 0 heterocycles. The van der Waals surface area contributed by atoms with E-state index in [9.17, 15) is 0 Å². The fourth-order valence-electron chi connectivity index (χ4n) is 1.49. The van der Waals surface area contributed by atoms with Crippen LogP contribution < -0.4 is 11.5 Å². The van der Waals surface area contributed by atoms with Crippen molar-refractivity contribution in [3.05, 3.63) is 11.3 Å². The highest BCUT2D eigenvalue weighted by Crippen LogP contribution is 2.22. The number of nitrogens with two attached hydrogens (primary N) is 2. The average Bonchev–Trinajstić information content (AvgIpc) is 2.04. The Bertz CT molecular complexity index is 165. The summed E-state index contributed by atoms with van der Waals surface area (Å²) < 4.78 is 0. The Labute approximate surface area is 67.1 Å². The highest BCUT2D eigenvalue weighted by atomic mass is 16.3. The van der Waals surface area contributed by atoms with E-state index < -0.39 is 0 Å². The van der Waals surface area contributed by atoms with Gasteiger partial charge in [-0.15, -0.1) is 0 Å². The van der Waals surface area contributed by atoms with Crippen molar-refractivity contribution in [3.63, 3.8) is 0 Å². The molecule has 0 fully saturated rings. The molecule has 0 saturated heterocycles. The van der Waals surface area contributed by atoms with E-state index in [-0.39, 0.29) is 12.6 Å². The molecule has 0 radical (unpaired) electrons. The minimum Gasteiger partial charge on any atom is -0.402 e. The Balaban J connectivity index is 2.65. The van der Waals surface area contributed by atoms with Crippen LogP contribution >= 0.6 is 0 Å². The summed E-state index contributed by atoms with van der Waals surface area (Å²) in [6.07, 6.45) is 4.23. The zero-order valence-electron chi connectivity index (χ0n) is 6.71. The van der Waals surface area contributed by atoms with Gasteiger partial charge in [-0.3, -0.25) is 0 Å². The van der Waals surface area contributed by atoms with Gasteiger partial charge in [0.15, 0.2) is 0 Å². The lowest BCUT2D eigenvalue weighted by Gasteiger charge is -2.21. The quantitative estimate of drug-likeness (QED) is 0.530. The second-order valence-electron chi connectivity index (χ2n) is 3.05. The third-order valence-electron chi connectivity index (χ3n) is 2.20. The number of rotatable bonds is 2. The first-order valence-corrected chi connectivity index (χ1v) is 4.09. The van der Waals surface area contributed by atoms with E-state index >= 15 is 0 Å². The summed E-state index contributed by atoms with van der Waals surface area (Å²) in [5.74, 6) is 0. The van der Waals surface area contributed by atoms with Gasteiger partial charge in [0.05, 0.1) is 12.6 Å². The molecule has 0 aliphatic heterocycles. The van der Waals surface area contributed by atoms with Crippen LogP contribution in [0.5, 0.6) is 0 Å². The number of hydrogen-bond donors (Lipinski definition) is 3. The summed E-state index contributed by atoms with van der Waals surface area (Å²) >= 11 is 0. The van der Waals surface area contributed by atoms with Crippen LogP contribution in [0.25, 0.3) is 0 Å². The minimum atomic E-state index is -0.227. The van der Waals surface area contributed by atoms with Gasteiger partial charge in [-0.25, -0.2) is 0 Å². The maximum absolute atomic E-state index is 8.79. The van der Waals surface area contributed by atoms with Crippen LogP contribution in [-0.4, -0.2) is 17.8 Å². The maximum atomic E-state index is 8.79. The van der Waals surface area contributed by atoms with E-state index in [4.69, 9.17) is 16.6 Å². The summed E-state index contributed by atoms with van der Waals surface area (Å²) in [7, 11) is 0. The van der Waals surface area contributed by atoms with E-state index in [2.05, 4.69) is 0 Å². The molecule has 1 aliphatic rings. The second kappa shape index (κ2) is 3.74. The molecule has 5 N–H and O–H groups in total. The predicted molar refractivity (Wildman–Crippen MR) is 44.7 cm³/mol. The molecular formula is C8H16N2O. The van der Waals surface area contributed by atoms with Crippen LogP contribution in [0.2, 0.25) is 0 Å². The lowest BCUT2D eigenvalue weighted by Crippen LogP contribution is -2.30. The van der Waals surface area contributed by atoms with Crippen molar-refractivity contribution in [2.75, 3.05) is 6.61 Å². The van der Waals surface area contributed by atoms with Crippen LogP contribution in [-0.2, 0) is 0 Å². The number of hydrogen-bond acceptors (Lipinski definition) is 3. The fraction of sp³-hybridized carbons (Fsp3) is 0.750. The molecule has 0 spiro atoms. The highest BCUT2D eigenvalue weighted by Gasteiger charge is 2.15. The lowest BCUT2D eigenvalue weighted by atomic mass is 9.92. The third-order valence-corrected chi connectivity index (χ3v) is 2.20. The maximum Gasteiger partial charge on any atom is 0.0621 e. The van der Waals surface area contributed by atoms with Crippen LogP contribution in [0.15, 0.2) is 11.3 Å². The van der Waals surface area contributed by atoms with Crippen LogP contribution in [0.1, 0.15) is 25.7 Å². The van der Waals surface area contributed by atoms with Gasteiger partial charge in [-0.2, -0.15) is 0 Å². The van der Waals surface area contributed by atoms with Crippen molar-refractivity contribution in [2.45, 2.75) is 31.7 Å². The lowest BCUT2D eigenvalue weighted by molar-refractivity contribution is 0.275. The Morgan fingerprint density at radius 1 is 1.36 bits per heavy atom. The molecule has 0 saturated carbocycles. The van der Waals surface area contributed by atoms with Gasteiger partial charge in [-0.05, 0) is 31.3 Å². The molecular weight excluding hydrogens is 140 g/mol. The minimum absolute atomic E-state index is 0.00995. The van der Waals surface area contributed by atoms with Gasteiger partial charge in [0.25, 0.3) is 0 Å². The highest BCUT2D eigenvalue weighted by molar-refractivity contribution is 5.19. The number of aliphatic hydroxyl groups is 1. The van der Waals surface area contributed by atoms with Gasteiger partial charge < -0.3 is 16.6 Å². The van der Waals surface area contributed by atoms with Gasteiger partial charge in [0, 0.05) is 5.70 Å². The normalized spacial score (nSPS) is 22.0. The van der Waals surface area contributed by atoms with Gasteiger partial charge >= 0.3 is 0 Å². The summed E-state index contributed by atoms with van der Waals surface area (Å²) in [5.41, 5.74) is 13.4. The molecule has 0 amide bonds. The standard InChI is InChI=1S/C8H16N2O/c9-7-4-2-1-3-6(7)8(10)5-11/h8,11H,1-5,9-10H2/t8-/m0/s1. The largest absolute Gasteiger partial charge is 0.402 e. The van der Waals surface area contributed by atoms with Crippen LogP contribution in [0.3, 0.4) is 0 Å². The average molecular weight is 156 g/mol. The molecule has 1 aliphatic carbocycles.